The van der Waals surface area contributed by atoms with Gasteiger partial charge in [0.1, 0.15) is 0 Å². The zero-order valence-electron chi connectivity index (χ0n) is 11.0. The van der Waals surface area contributed by atoms with Crippen molar-refractivity contribution in [1.29, 1.82) is 0 Å². The first-order valence-corrected chi connectivity index (χ1v) is 7.10. The molecule has 0 atom stereocenters. The Bertz CT molecular complexity index is 667. The van der Waals surface area contributed by atoms with Gasteiger partial charge in [0.15, 0.2) is 0 Å². The molecule has 0 unspecified atom stereocenters. The number of hydrogen-bond acceptors (Lipinski definition) is 3. The predicted octanol–water partition coefficient (Wildman–Crippen LogP) is 3.32. The third-order valence-corrected chi connectivity index (χ3v) is 4.19. The molecule has 1 aromatic carbocycles. The highest BCUT2D eigenvalue weighted by atomic mass is 35.5. The summed E-state index contributed by atoms with van der Waals surface area (Å²) in [6, 6.07) is 8.59. The second kappa shape index (κ2) is 6.07. The summed E-state index contributed by atoms with van der Waals surface area (Å²) >= 11 is 7.21. The Kier molecular flexibility index (Phi) is 4.42. The molecular formula is C14H13ClN2O2S. The molecule has 0 aliphatic carbocycles. The summed E-state index contributed by atoms with van der Waals surface area (Å²) in [6.07, 6.45) is 0. The van der Waals surface area contributed by atoms with E-state index in [-0.39, 0.29) is 11.8 Å². The molecule has 0 spiro atoms. The van der Waals surface area contributed by atoms with Gasteiger partial charge in [-0.2, -0.15) is 0 Å². The monoisotopic (exact) mass is 308 g/mol. The van der Waals surface area contributed by atoms with Crippen LogP contribution < -0.4 is 10.6 Å². The SMILES string of the molecule is CNC(=O)c1sc(NC(=O)c2ccccc2Cl)cc1C. The number of halogens is 1. The van der Waals surface area contributed by atoms with Gasteiger partial charge in [0.05, 0.1) is 20.5 Å². The van der Waals surface area contributed by atoms with Gasteiger partial charge in [-0.25, -0.2) is 0 Å². The Balaban J connectivity index is 2.21. The minimum atomic E-state index is -0.291. The van der Waals surface area contributed by atoms with E-state index in [4.69, 9.17) is 11.6 Å². The van der Waals surface area contributed by atoms with Crippen molar-refractivity contribution in [2.45, 2.75) is 6.92 Å². The van der Waals surface area contributed by atoms with Gasteiger partial charge in [-0.05, 0) is 30.7 Å². The summed E-state index contributed by atoms with van der Waals surface area (Å²) in [5.41, 5.74) is 1.23. The maximum atomic E-state index is 12.1. The summed E-state index contributed by atoms with van der Waals surface area (Å²) in [4.78, 5) is 24.3. The van der Waals surface area contributed by atoms with Crippen LogP contribution >= 0.6 is 22.9 Å². The highest BCUT2D eigenvalue weighted by molar-refractivity contribution is 7.18. The van der Waals surface area contributed by atoms with E-state index in [9.17, 15) is 9.59 Å². The Morgan fingerprint density at radius 2 is 1.90 bits per heavy atom. The fraction of sp³-hybridized carbons (Fsp3) is 0.143. The smallest absolute Gasteiger partial charge is 0.261 e. The molecule has 1 heterocycles. The summed E-state index contributed by atoms with van der Waals surface area (Å²) in [5, 5.41) is 6.33. The third kappa shape index (κ3) is 3.00. The van der Waals surface area contributed by atoms with E-state index in [1.54, 1.807) is 37.4 Å². The second-order valence-electron chi connectivity index (χ2n) is 4.14. The highest BCUT2D eigenvalue weighted by Gasteiger charge is 2.15. The number of nitrogens with one attached hydrogen (secondary N) is 2. The summed E-state index contributed by atoms with van der Waals surface area (Å²) in [5.74, 6) is -0.453. The molecule has 4 nitrogen and oxygen atoms in total. The molecule has 0 bridgehead atoms. The van der Waals surface area contributed by atoms with Crippen molar-refractivity contribution in [3.63, 3.8) is 0 Å². The van der Waals surface area contributed by atoms with Crippen LogP contribution in [0.1, 0.15) is 25.6 Å². The minimum absolute atomic E-state index is 0.161. The standard InChI is InChI=1S/C14H13ClN2O2S/c1-8-7-11(20-12(8)14(19)16-2)17-13(18)9-5-3-4-6-10(9)15/h3-7H,1-2H3,(H,16,19)(H,17,18). The molecule has 0 aliphatic rings. The molecule has 0 saturated carbocycles. The molecule has 0 fully saturated rings. The van der Waals surface area contributed by atoms with Crippen LogP contribution in [0.25, 0.3) is 0 Å². The molecule has 2 aromatic rings. The van der Waals surface area contributed by atoms with Gasteiger partial charge < -0.3 is 10.6 Å². The molecule has 0 radical (unpaired) electrons. The first kappa shape index (κ1) is 14.6. The number of amides is 2. The first-order chi connectivity index (χ1) is 9.52. The zero-order chi connectivity index (χ0) is 14.7. The van der Waals surface area contributed by atoms with Crippen molar-refractivity contribution >= 4 is 39.8 Å². The first-order valence-electron chi connectivity index (χ1n) is 5.91. The number of carbonyl (C=O) groups excluding carboxylic acids is 2. The van der Waals surface area contributed by atoms with Crippen molar-refractivity contribution in [1.82, 2.24) is 5.32 Å². The number of rotatable bonds is 3. The number of thiophene rings is 1. The Labute approximate surface area is 125 Å². The predicted molar refractivity (Wildman–Crippen MR) is 81.9 cm³/mol. The maximum Gasteiger partial charge on any atom is 0.261 e. The molecule has 0 aliphatic heterocycles. The van der Waals surface area contributed by atoms with Gasteiger partial charge >= 0.3 is 0 Å². The lowest BCUT2D eigenvalue weighted by molar-refractivity contribution is 0.0965. The van der Waals surface area contributed by atoms with Crippen LogP contribution in [0.5, 0.6) is 0 Å². The third-order valence-electron chi connectivity index (χ3n) is 2.71. The number of carbonyl (C=O) groups is 2. The molecule has 2 N–H and O–H groups in total. The highest BCUT2D eigenvalue weighted by Crippen LogP contribution is 2.27. The van der Waals surface area contributed by atoms with Crippen LogP contribution in [0.15, 0.2) is 30.3 Å². The maximum absolute atomic E-state index is 12.1. The zero-order valence-corrected chi connectivity index (χ0v) is 12.6. The van der Waals surface area contributed by atoms with Crippen LogP contribution in [0.4, 0.5) is 5.00 Å². The van der Waals surface area contributed by atoms with Gasteiger partial charge in [-0.3, -0.25) is 9.59 Å². The fourth-order valence-corrected chi connectivity index (χ4v) is 2.94. The van der Waals surface area contributed by atoms with Gasteiger partial charge in [0.2, 0.25) is 0 Å². The topological polar surface area (TPSA) is 58.2 Å². The number of hydrogen-bond donors (Lipinski definition) is 2. The van der Waals surface area contributed by atoms with E-state index in [2.05, 4.69) is 10.6 Å². The Hall–Kier alpha value is -1.85. The lowest BCUT2D eigenvalue weighted by Gasteiger charge is -2.03. The second-order valence-corrected chi connectivity index (χ2v) is 5.60. The van der Waals surface area contributed by atoms with Crippen LogP contribution in [0.2, 0.25) is 5.02 Å². The molecule has 1 aromatic heterocycles. The largest absolute Gasteiger partial charge is 0.354 e. The van der Waals surface area contributed by atoms with Crippen molar-refractivity contribution in [2.24, 2.45) is 0 Å². The molecule has 2 amide bonds. The minimum Gasteiger partial charge on any atom is -0.354 e. The van der Waals surface area contributed by atoms with Gasteiger partial charge in [0, 0.05) is 7.05 Å². The van der Waals surface area contributed by atoms with E-state index in [1.807, 2.05) is 6.92 Å². The quantitative estimate of drug-likeness (QED) is 0.914. The van der Waals surface area contributed by atoms with Crippen molar-refractivity contribution in [3.8, 4) is 0 Å². The van der Waals surface area contributed by atoms with Crippen LogP contribution in [-0.4, -0.2) is 18.9 Å². The van der Waals surface area contributed by atoms with E-state index < -0.39 is 0 Å². The van der Waals surface area contributed by atoms with E-state index in [0.29, 0.717) is 20.5 Å². The van der Waals surface area contributed by atoms with E-state index >= 15 is 0 Å². The average Bonchev–Trinajstić information content (AvgIpc) is 2.79. The average molecular weight is 309 g/mol. The molecule has 104 valence electrons. The summed E-state index contributed by atoms with van der Waals surface area (Å²) in [7, 11) is 1.57. The van der Waals surface area contributed by atoms with E-state index in [0.717, 1.165) is 5.56 Å². The summed E-state index contributed by atoms with van der Waals surface area (Å²) < 4.78 is 0. The van der Waals surface area contributed by atoms with Crippen molar-refractivity contribution in [3.05, 3.63) is 51.4 Å². The number of benzene rings is 1. The van der Waals surface area contributed by atoms with Gasteiger partial charge in [-0.1, -0.05) is 23.7 Å². The van der Waals surface area contributed by atoms with Crippen molar-refractivity contribution < 1.29 is 9.59 Å². The van der Waals surface area contributed by atoms with E-state index in [1.165, 1.54) is 11.3 Å². The van der Waals surface area contributed by atoms with Crippen LogP contribution in [-0.2, 0) is 0 Å². The lowest BCUT2D eigenvalue weighted by atomic mass is 10.2. The number of aryl methyl sites for hydroxylation is 1. The van der Waals surface area contributed by atoms with Gasteiger partial charge in [-0.15, -0.1) is 11.3 Å². The summed E-state index contributed by atoms with van der Waals surface area (Å²) in [6.45, 7) is 1.83. The molecule has 6 heteroatoms. The van der Waals surface area contributed by atoms with Crippen molar-refractivity contribution in [2.75, 3.05) is 12.4 Å². The van der Waals surface area contributed by atoms with Crippen LogP contribution in [0, 0.1) is 6.92 Å². The van der Waals surface area contributed by atoms with Gasteiger partial charge in [0.25, 0.3) is 11.8 Å². The lowest BCUT2D eigenvalue weighted by Crippen LogP contribution is -2.17. The Morgan fingerprint density at radius 3 is 2.55 bits per heavy atom. The molecular weight excluding hydrogens is 296 g/mol. The Morgan fingerprint density at radius 1 is 1.20 bits per heavy atom. The molecule has 0 saturated heterocycles. The van der Waals surface area contributed by atoms with Crippen LogP contribution in [0.3, 0.4) is 0 Å². The fourth-order valence-electron chi connectivity index (χ4n) is 1.71. The normalized spacial score (nSPS) is 10.2. The number of anilines is 1. The molecule has 2 rings (SSSR count). The molecule has 20 heavy (non-hydrogen) atoms.